The number of hydrogen-bond acceptors (Lipinski definition) is 4. The van der Waals surface area contributed by atoms with Gasteiger partial charge in [-0.3, -0.25) is 9.36 Å². The van der Waals surface area contributed by atoms with E-state index in [-0.39, 0.29) is 11.6 Å². The lowest BCUT2D eigenvalue weighted by atomic mass is 10.1. The van der Waals surface area contributed by atoms with Gasteiger partial charge in [0.1, 0.15) is 10.5 Å². The molecule has 0 saturated heterocycles. The van der Waals surface area contributed by atoms with Crippen LogP contribution in [0.3, 0.4) is 0 Å². The lowest BCUT2D eigenvalue weighted by Crippen LogP contribution is -2.24. The molecule has 0 saturated carbocycles. The highest BCUT2D eigenvalue weighted by atomic mass is 32.1. The molecular weight excluding hydrogens is 292 g/mol. The number of H-pyrrole nitrogens is 1. The van der Waals surface area contributed by atoms with Crippen molar-refractivity contribution in [1.82, 2.24) is 9.55 Å². The van der Waals surface area contributed by atoms with Crippen molar-refractivity contribution in [1.29, 1.82) is 0 Å². The molecule has 3 heterocycles. The Morgan fingerprint density at radius 1 is 1.50 bits per heavy atom. The Hall–Kier alpha value is -1.66. The van der Waals surface area contributed by atoms with Gasteiger partial charge in [0.25, 0.3) is 5.56 Å². The van der Waals surface area contributed by atoms with Crippen molar-refractivity contribution in [3.8, 4) is 0 Å². The number of nitrogens with zero attached hydrogens (tertiary/aromatic N) is 1. The minimum atomic E-state index is -0.00862. The minimum Gasteiger partial charge on any atom is -0.469 e. The van der Waals surface area contributed by atoms with E-state index in [1.807, 2.05) is 30.5 Å². The van der Waals surface area contributed by atoms with E-state index in [1.54, 1.807) is 10.8 Å². The fraction of sp³-hybridized carbons (Fsp3) is 0.286. The van der Waals surface area contributed by atoms with E-state index >= 15 is 0 Å². The molecule has 104 valence electrons. The number of fused-ring (bicyclic) bond motifs is 1. The van der Waals surface area contributed by atoms with Crippen LogP contribution in [-0.2, 0) is 6.42 Å². The maximum absolute atomic E-state index is 12.5. The highest BCUT2D eigenvalue weighted by Gasteiger charge is 2.13. The van der Waals surface area contributed by atoms with Crippen molar-refractivity contribution in [2.24, 2.45) is 0 Å². The van der Waals surface area contributed by atoms with Crippen LogP contribution in [0.25, 0.3) is 10.2 Å². The standard InChI is InChI=1S/C14H14N2O2S2/c1-9(4-5-10-3-2-7-18-10)16-13(17)12-11(6-8-20-12)15-14(16)19/h2-3,6-9H,4-5H2,1H3,(H,15,19). The molecule has 3 rings (SSSR count). The molecule has 0 radical (unpaired) electrons. The number of aromatic nitrogens is 2. The summed E-state index contributed by atoms with van der Waals surface area (Å²) in [7, 11) is 0. The molecule has 0 bridgehead atoms. The van der Waals surface area contributed by atoms with Crippen LogP contribution in [0.4, 0.5) is 0 Å². The van der Waals surface area contributed by atoms with Crippen LogP contribution >= 0.6 is 23.6 Å². The first kappa shape index (κ1) is 13.3. The second kappa shape index (κ2) is 5.38. The molecule has 0 aromatic carbocycles. The summed E-state index contributed by atoms with van der Waals surface area (Å²) in [6.45, 7) is 2.01. The Bertz CT molecular complexity index is 827. The van der Waals surface area contributed by atoms with Crippen molar-refractivity contribution in [2.45, 2.75) is 25.8 Å². The highest BCUT2D eigenvalue weighted by molar-refractivity contribution is 7.71. The van der Waals surface area contributed by atoms with Crippen LogP contribution < -0.4 is 5.56 Å². The third kappa shape index (κ3) is 2.36. The number of hydrogen-bond donors (Lipinski definition) is 1. The van der Waals surface area contributed by atoms with Gasteiger partial charge < -0.3 is 9.40 Å². The van der Waals surface area contributed by atoms with Crippen molar-refractivity contribution in [3.05, 3.63) is 50.7 Å². The topological polar surface area (TPSA) is 50.9 Å². The summed E-state index contributed by atoms with van der Waals surface area (Å²) in [5.74, 6) is 0.928. The van der Waals surface area contributed by atoms with E-state index in [4.69, 9.17) is 16.6 Å². The van der Waals surface area contributed by atoms with Crippen LogP contribution in [0.5, 0.6) is 0 Å². The molecule has 1 unspecified atom stereocenters. The number of rotatable bonds is 4. The van der Waals surface area contributed by atoms with Gasteiger partial charge in [-0.1, -0.05) is 0 Å². The van der Waals surface area contributed by atoms with Crippen LogP contribution in [0.15, 0.2) is 39.1 Å². The molecular formula is C14H14N2O2S2. The summed E-state index contributed by atoms with van der Waals surface area (Å²) in [6.07, 6.45) is 3.26. The molecule has 0 fully saturated rings. The van der Waals surface area contributed by atoms with Gasteiger partial charge in [-0.15, -0.1) is 11.3 Å². The van der Waals surface area contributed by atoms with Gasteiger partial charge in [-0.25, -0.2) is 0 Å². The van der Waals surface area contributed by atoms with Crippen LogP contribution in [0.2, 0.25) is 0 Å². The Balaban J connectivity index is 1.92. The first-order valence-corrected chi connectivity index (χ1v) is 7.70. The number of aryl methyl sites for hydroxylation is 1. The van der Waals surface area contributed by atoms with E-state index in [9.17, 15) is 4.79 Å². The van der Waals surface area contributed by atoms with Crippen molar-refractivity contribution >= 4 is 33.8 Å². The predicted octanol–water partition coefficient (Wildman–Crippen LogP) is 3.91. The minimum absolute atomic E-state index is 0.00862. The SMILES string of the molecule is CC(CCc1ccco1)n1c(=S)[nH]c2ccsc2c1=O. The summed E-state index contributed by atoms with van der Waals surface area (Å²) < 4.78 is 8.19. The van der Waals surface area contributed by atoms with Gasteiger partial charge >= 0.3 is 0 Å². The maximum Gasteiger partial charge on any atom is 0.272 e. The summed E-state index contributed by atoms with van der Waals surface area (Å²) in [4.78, 5) is 15.6. The number of aromatic amines is 1. The molecule has 1 N–H and O–H groups in total. The molecule has 0 amide bonds. The largest absolute Gasteiger partial charge is 0.469 e. The van der Waals surface area contributed by atoms with Crippen molar-refractivity contribution in [2.75, 3.05) is 0 Å². The molecule has 0 aliphatic carbocycles. The van der Waals surface area contributed by atoms with E-state index in [2.05, 4.69) is 4.98 Å². The average molecular weight is 306 g/mol. The average Bonchev–Trinajstić information content (AvgIpc) is 3.06. The van der Waals surface area contributed by atoms with Crippen LogP contribution in [0, 0.1) is 4.77 Å². The molecule has 3 aromatic rings. The summed E-state index contributed by atoms with van der Waals surface area (Å²) in [6, 6.07) is 5.73. The number of nitrogens with one attached hydrogen (secondary N) is 1. The molecule has 0 aliphatic heterocycles. The lowest BCUT2D eigenvalue weighted by Gasteiger charge is -2.14. The number of furan rings is 1. The highest BCUT2D eigenvalue weighted by Crippen LogP contribution is 2.18. The smallest absolute Gasteiger partial charge is 0.272 e. The van der Waals surface area contributed by atoms with Gasteiger partial charge in [0.15, 0.2) is 4.77 Å². The Kier molecular flexibility index (Phi) is 3.58. The molecule has 20 heavy (non-hydrogen) atoms. The van der Waals surface area contributed by atoms with Gasteiger partial charge in [0, 0.05) is 12.5 Å². The molecule has 4 nitrogen and oxygen atoms in total. The fourth-order valence-corrected chi connectivity index (χ4v) is 3.44. The Morgan fingerprint density at radius 3 is 3.10 bits per heavy atom. The summed E-state index contributed by atoms with van der Waals surface area (Å²) in [5.41, 5.74) is 0.810. The monoisotopic (exact) mass is 306 g/mol. The zero-order valence-electron chi connectivity index (χ0n) is 11.0. The van der Waals surface area contributed by atoms with Gasteiger partial charge in [0.2, 0.25) is 0 Å². The zero-order valence-corrected chi connectivity index (χ0v) is 12.6. The molecule has 6 heteroatoms. The van der Waals surface area contributed by atoms with E-state index < -0.39 is 0 Å². The Morgan fingerprint density at radius 2 is 2.35 bits per heavy atom. The lowest BCUT2D eigenvalue weighted by molar-refractivity contribution is 0.441. The van der Waals surface area contributed by atoms with E-state index in [0.717, 1.165) is 28.8 Å². The third-order valence-corrected chi connectivity index (χ3v) is 4.57. The third-order valence-electron chi connectivity index (χ3n) is 3.37. The second-order valence-electron chi connectivity index (χ2n) is 4.74. The van der Waals surface area contributed by atoms with E-state index in [0.29, 0.717) is 4.77 Å². The summed E-state index contributed by atoms with van der Waals surface area (Å²) >= 11 is 6.75. The number of thiophene rings is 1. The fourth-order valence-electron chi connectivity index (χ4n) is 2.29. The zero-order chi connectivity index (χ0) is 14.1. The Labute approximate surface area is 124 Å². The van der Waals surface area contributed by atoms with Crippen molar-refractivity contribution < 1.29 is 4.42 Å². The molecule has 0 spiro atoms. The van der Waals surface area contributed by atoms with Crippen LogP contribution in [-0.4, -0.2) is 9.55 Å². The predicted molar refractivity (Wildman–Crippen MR) is 83.0 cm³/mol. The molecule has 3 aromatic heterocycles. The molecule has 0 aliphatic rings. The van der Waals surface area contributed by atoms with Gasteiger partial charge in [-0.05, 0) is 49.1 Å². The van der Waals surface area contributed by atoms with Crippen LogP contribution in [0.1, 0.15) is 25.1 Å². The van der Waals surface area contributed by atoms with Gasteiger partial charge in [-0.2, -0.15) is 0 Å². The van der Waals surface area contributed by atoms with Gasteiger partial charge in [0.05, 0.1) is 11.8 Å². The van der Waals surface area contributed by atoms with E-state index in [1.165, 1.54) is 11.3 Å². The maximum atomic E-state index is 12.5. The first-order chi connectivity index (χ1) is 9.66. The van der Waals surface area contributed by atoms with Crippen molar-refractivity contribution in [3.63, 3.8) is 0 Å². The second-order valence-corrected chi connectivity index (χ2v) is 6.04. The summed E-state index contributed by atoms with van der Waals surface area (Å²) in [5, 5.41) is 1.90. The first-order valence-electron chi connectivity index (χ1n) is 6.41. The normalized spacial score (nSPS) is 12.8. The molecule has 1 atom stereocenters. The quantitative estimate of drug-likeness (QED) is 0.744.